The van der Waals surface area contributed by atoms with E-state index in [1.807, 2.05) is 17.7 Å². The Morgan fingerprint density at radius 1 is 1.57 bits per heavy atom. The van der Waals surface area contributed by atoms with E-state index in [4.69, 9.17) is 0 Å². The molecule has 4 heteroatoms. The molecule has 0 N–H and O–H groups in total. The standard InChI is InChI=1S/C10H8BrFS2/c1-13-9-4-8(12)7(5-11)6-2-3-14-10(6)9/h2-4H,5H2,1H3. The van der Waals surface area contributed by atoms with Crippen LogP contribution < -0.4 is 0 Å². The third-order valence-corrected chi connectivity index (χ3v) is 4.51. The summed E-state index contributed by atoms with van der Waals surface area (Å²) < 4.78 is 14.8. The normalized spacial score (nSPS) is 11.1. The summed E-state index contributed by atoms with van der Waals surface area (Å²) >= 11 is 6.58. The first kappa shape index (κ1) is 10.5. The molecular weight excluding hydrogens is 283 g/mol. The molecule has 0 amide bonds. The number of hydrogen-bond acceptors (Lipinski definition) is 2. The lowest BCUT2D eigenvalue weighted by atomic mass is 10.1. The van der Waals surface area contributed by atoms with E-state index in [9.17, 15) is 4.39 Å². The lowest BCUT2D eigenvalue weighted by Gasteiger charge is -2.05. The van der Waals surface area contributed by atoms with Gasteiger partial charge in [-0.25, -0.2) is 4.39 Å². The molecule has 2 rings (SSSR count). The van der Waals surface area contributed by atoms with Gasteiger partial charge in [0.15, 0.2) is 0 Å². The van der Waals surface area contributed by atoms with E-state index in [1.54, 1.807) is 29.2 Å². The fourth-order valence-electron chi connectivity index (χ4n) is 1.42. The van der Waals surface area contributed by atoms with Crippen LogP contribution in [0.2, 0.25) is 0 Å². The van der Waals surface area contributed by atoms with Crippen LogP contribution in [0.4, 0.5) is 4.39 Å². The first-order valence-corrected chi connectivity index (χ1v) is 7.29. The van der Waals surface area contributed by atoms with E-state index < -0.39 is 0 Å². The lowest BCUT2D eigenvalue weighted by Crippen LogP contribution is -1.87. The molecule has 74 valence electrons. The zero-order chi connectivity index (χ0) is 10.1. The quantitative estimate of drug-likeness (QED) is 0.573. The number of halogens is 2. The zero-order valence-corrected chi connectivity index (χ0v) is 10.7. The predicted molar refractivity (Wildman–Crippen MR) is 66.2 cm³/mol. The summed E-state index contributed by atoms with van der Waals surface area (Å²) in [7, 11) is 0. The fraction of sp³-hybridized carbons (Fsp3) is 0.200. The maximum Gasteiger partial charge on any atom is 0.129 e. The Balaban J connectivity index is 2.81. The molecule has 0 atom stereocenters. The second-order valence-electron chi connectivity index (χ2n) is 2.84. The molecule has 14 heavy (non-hydrogen) atoms. The van der Waals surface area contributed by atoms with Crippen LogP contribution in [-0.2, 0) is 5.33 Å². The van der Waals surface area contributed by atoms with Gasteiger partial charge < -0.3 is 0 Å². The van der Waals surface area contributed by atoms with Crippen LogP contribution >= 0.6 is 39.0 Å². The van der Waals surface area contributed by atoms with Crippen LogP contribution in [0.15, 0.2) is 22.4 Å². The summed E-state index contributed by atoms with van der Waals surface area (Å²) in [5.41, 5.74) is 0.763. The molecule has 0 fully saturated rings. The fourth-order valence-corrected chi connectivity index (χ4v) is 3.74. The first-order valence-electron chi connectivity index (χ1n) is 4.06. The minimum Gasteiger partial charge on any atom is -0.207 e. The molecule has 0 aliphatic rings. The van der Waals surface area contributed by atoms with Crippen molar-refractivity contribution >= 4 is 49.1 Å². The molecule has 0 aliphatic heterocycles. The van der Waals surface area contributed by atoms with Crippen molar-refractivity contribution < 1.29 is 4.39 Å². The van der Waals surface area contributed by atoms with Crippen molar-refractivity contribution in [3.8, 4) is 0 Å². The highest BCUT2D eigenvalue weighted by Crippen LogP contribution is 2.35. The molecule has 1 aromatic carbocycles. The van der Waals surface area contributed by atoms with Crippen molar-refractivity contribution in [1.82, 2.24) is 0 Å². The van der Waals surface area contributed by atoms with E-state index >= 15 is 0 Å². The molecule has 0 radical (unpaired) electrons. The highest BCUT2D eigenvalue weighted by Gasteiger charge is 2.11. The minimum absolute atomic E-state index is 0.114. The molecule has 0 nitrogen and oxygen atoms in total. The smallest absolute Gasteiger partial charge is 0.129 e. The number of alkyl halides is 1. The third-order valence-electron chi connectivity index (χ3n) is 2.11. The number of thiophene rings is 1. The van der Waals surface area contributed by atoms with Crippen molar-refractivity contribution in [2.75, 3.05) is 6.26 Å². The van der Waals surface area contributed by atoms with E-state index in [1.165, 1.54) is 4.70 Å². The lowest BCUT2D eigenvalue weighted by molar-refractivity contribution is 0.617. The maximum atomic E-state index is 13.6. The molecule has 1 heterocycles. The van der Waals surface area contributed by atoms with Gasteiger partial charge in [-0.1, -0.05) is 15.9 Å². The second kappa shape index (κ2) is 4.21. The van der Waals surface area contributed by atoms with Crippen molar-refractivity contribution in [2.24, 2.45) is 0 Å². The Morgan fingerprint density at radius 3 is 3.00 bits per heavy atom. The maximum absolute atomic E-state index is 13.6. The summed E-state index contributed by atoms with van der Waals surface area (Å²) in [6.07, 6.45) is 1.97. The Bertz CT molecular complexity index is 464. The van der Waals surface area contributed by atoms with Crippen LogP contribution in [0.3, 0.4) is 0 Å². The molecule has 0 saturated carbocycles. The molecule has 0 spiro atoms. The van der Waals surface area contributed by atoms with E-state index in [0.29, 0.717) is 5.33 Å². The predicted octanol–water partition coefficient (Wildman–Crippen LogP) is 4.66. The van der Waals surface area contributed by atoms with Gasteiger partial charge in [-0.3, -0.25) is 0 Å². The second-order valence-corrected chi connectivity index (χ2v) is 5.16. The molecule has 0 bridgehead atoms. The Labute approximate surface area is 98.6 Å². The number of rotatable bonds is 2. The van der Waals surface area contributed by atoms with Gasteiger partial charge in [-0.15, -0.1) is 23.1 Å². The summed E-state index contributed by atoms with van der Waals surface area (Å²) in [4.78, 5) is 1.03. The molecule has 2 aromatic rings. The van der Waals surface area contributed by atoms with Crippen molar-refractivity contribution in [3.63, 3.8) is 0 Å². The van der Waals surface area contributed by atoms with Gasteiger partial charge >= 0.3 is 0 Å². The topological polar surface area (TPSA) is 0 Å². The SMILES string of the molecule is CSc1cc(F)c(CBr)c2ccsc12. The molecule has 0 saturated heterocycles. The van der Waals surface area contributed by atoms with E-state index in [0.717, 1.165) is 15.8 Å². The van der Waals surface area contributed by atoms with E-state index in [2.05, 4.69) is 15.9 Å². The Kier molecular flexibility index (Phi) is 3.14. The van der Waals surface area contributed by atoms with Gasteiger partial charge in [-0.05, 0) is 23.8 Å². The zero-order valence-electron chi connectivity index (χ0n) is 7.51. The first-order chi connectivity index (χ1) is 6.77. The number of fused-ring (bicyclic) bond motifs is 1. The van der Waals surface area contributed by atoms with Crippen molar-refractivity contribution in [2.45, 2.75) is 10.2 Å². The average Bonchev–Trinajstić information content (AvgIpc) is 2.65. The molecule has 1 aromatic heterocycles. The number of hydrogen-bond donors (Lipinski definition) is 0. The van der Waals surface area contributed by atoms with Crippen LogP contribution in [0.1, 0.15) is 5.56 Å². The van der Waals surface area contributed by atoms with Gasteiger partial charge in [0.1, 0.15) is 5.82 Å². The largest absolute Gasteiger partial charge is 0.207 e. The van der Waals surface area contributed by atoms with Gasteiger partial charge in [0, 0.05) is 25.9 Å². The van der Waals surface area contributed by atoms with Crippen molar-refractivity contribution in [1.29, 1.82) is 0 Å². The van der Waals surface area contributed by atoms with Crippen LogP contribution in [0, 0.1) is 5.82 Å². The monoisotopic (exact) mass is 290 g/mol. The third kappa shape index (κ3) is 1.59. The summed E-state index contributed by atoms with van der Waals surface area (Å²) in [6.45, 7) is 0. The summed E-state index contributed by atoms with van der Waals surface area (Å²) in [5, 5.41) is 3.62. The van der Waals surface area contributed by atoms with E-state index in [-0.39, 0.29) is 5.82 Å². The van der Waals surface area contributed by atoms with Crippen LogP contribution in [0.25, 0.3) is 10.1 Å². The number of thioether (sulfide) groups is 1. The van der Waals surface area contributed by atoms with Gasteiger partial charge in [-0.2, -0.15) is 0 Å². The highest BCUT2D eigenvalue weighted by atomic mass is 79.9. The summed E-state index contributed by atoms with van der Waals surface area (Å²) in [5.74, 6) is -0.114. The number of benzene rings is 1. The molecular formula is C10H8BrFS2. The average molecular weight is 291 g/mol. The van der Waals surface area contributed by atoms with Gasteiger partial charge in [0.25, 0.3) is 0 Å². The highest BCUT2D eigenvalue weighted by molar-refractivity contribution is 9.08. The van der Waals surface area contributed by atoms with Gasteiger partial charge in [0.05, 0.1) is 0 Å². The van der Waals surface area contributed by atoms with Crippen LogP contribution in [0.5, 0.6) is 0 Å². The van der Waals surface area contributed by atoms with Crippen LogP contribution in [-0.4, -0.2) is 6.26 Å². The van der Waals surface area contributed by atoms with Crippen molar-refractivity contribution in [3.05, 3.63) is 28.9 Å². The molecule has 0 unspecified atom stereocenters. The Morgan fingerprint density at radius 2 is 2.36 bits per heavy atom. The van der Waals surface area contributed by atoms with Gasteiger partial charge in [0.2, 0.25) is 0 Å². The Hall–Kier alpha value is -0.0600. The summed E-state index contributed by atoms with van der Waals surface area (Å²) in [6, 6.07) is 3.61. The molecule has 0 aliphatic carbocycles. The minimum atomic E-state index is -0.114.